The maximum Gasteiger partial charge on any atom is 0.297 e. The Hall–Kier alpha value is -0.950. The van der Waals surface area contributed by atoms with Crippen LogP contribution in [-0.4, -0.2) is 37.7 Å². The molecule has 1 saturated heterocycles. The van der Waals surface area contributed by atoms with E-state index >= 15 is 0 Å². The Labute approximate surface area is 100 Å². The fourth-order valence-corrected chi connectivity index (χ4v) is 2.62. The van der Waals surface area contributed by atoms with Crippen molar-refractivity contribution in [2.75, 3.05) is 19.8 Å². The second kappa shape index (κ2) is 4.73. The maximum atomic E-state index is 11.5. The van der Waals surface area contributed by atoms with Gasteiger partial charge in [0.25, 0.3) is 10.1 Å². The van der Waals surface area contributed by atoms with Crippen LogP contribution >= 0.6 is 0 Å². The van der Waals surface area contributed by atoms with Crippen molar-refractivity contribution in [1.82, 2.24) is 0 Å². The Morgan fingerprint density at radius 3 is 2.47 bits per heavy atom. The van der Waals surface area contributed by atoms with E-state index in [4.69, 9.17) is 9.47 Å². The van der Waals surface area contributed by atoms with E-state index < -0.39 is 15.1 Å². The van der Waals surface area contributed by atoms with Crippen molar-refractivity contribution in [2.24, 2.45) is 0 Å². The van der Waals surface area contributed by atoms with Crippen LogP contribution in [0.5, 0.6) is 0 Å². The van der Waals surface area contributed by atoms with E-state index in [0.717, 1.165) is 5.56 Å². The van der Waals surface area contributed by atoms with Gasteiger partial charge < -0.3 is 9.47 Å². The fraction of sp³-hybridized carbons (Fsp3) is 0.455. The summed E-state index contributed by atoms with van der Waals surface area (Å²) in [6.45, 7) is 0.347. The van der Waals surface area contributed by atoms with E-state index in [-0.39, 0.29) is 19.6 Å². The van der Waals surface area contributed by atoms with Crippen molar-refractivity contribution in [1.29, 1.82) is 0 Å². The molecule has 0 aliphatic carbocycles. The zero-order valence-electron chi connectivity index (χ0n) is 9.20. The number of hydrogen-bond acceptors (Lipinski definition) is 4. The highest BCUT2D eigenvalue weighted by atomic mass is 32.2. The number of benzene rings is 1. The van der Waals surface area contributed by atoms with E-state index in [1.807, 2.05) is 6.07 Å². The summed E-state index contributed by atoms with van der Waals surface area (Å²) >= 11 is 0. The normalized spacial score (nSPS) is 25.7. The summed E-state index contributed by atoms with van der Waals surface area (Å²) in [4.78, 5) is -1.67. The van der Waals surface area contributed by atoms with E-state index in [1.165, 1.54) is 0 Å². The highest BCUT2D eigenvalue weighted by Crippen LogP contribution is 2.27. The van der Waals surface area contributed by atoms with Gasteiger partial charge in [0, 0.05) is 6.42 Å². The van der Waals surface area contributed by atoms with E-state index in [0.29, 0.717) is 6.61 Å². The number of hydrogen-bond donors (Lipinski definition) is 1. The summed E-state index contributed by atoms with van der Waals surface area (Å²) in [5.74, 6) is 0. The summed E-state index contributed by atoms with van der Waals surface area (Å²) in [5.41, 5.74) is 0.774. The van der Waals surface area contributed by atoms with Crippen LogP contribution in [0, 0.1) is 0 Å². The van der Waals surface area contributed by atoms with Gasteiger partial charge in [-0.2, -0.15) is 8.42 Å². The molecule has 1 atom stereocenters. The van der Waals surface area contributed by atoms with Gasteiger partial charge in [0.2, 0.25) is 4.93 Å². The summed E-state index contributed by atoms with van der Waals surface area (Å²) in [6, 6.07) is 9.01. The minimum Gasteiger partial charge on any atom is -0.375 e. The third-order valence-corrected chi connectivity index (χ3v) is 4.02. The molecule has 6 heteroatoms. The first-order chi connectivity index (χ1) is 8.04. The quantitative estimate of drug-likeness (QED) is 0.814. The van der Waals surface area contributed by atoms with Crippen molar-refractivity contribution in [3.8, 4) is 0 Å². The molecule has 1 heterocycles. The van der Waals surface area contributed by atoms with Gasteiger partial charge in [-0.1, -0.05) is 30.3 Å². The molecule has 1 aromatic carbocycles. The Morgan fingerprint density at radius 2 is 1.94 bits per heavy atom. The molecule has 0 amide bonds. The van der Waals surface area contributed by atoms with Crippen molar-refractivity contribution in [2.45, 2.75) is 11.4 Å². The monoisotopic (exact) mass is 258 g/mol. The van der Waals surface area contributed by atoms with Gasteiger partial charge in [0.1, 0.15) is 0 Å². The first-order valence-corrected chi connectivity index (χ1v) is 6.70. The van der Waals surface area contributed by atoms with Gasteiger partial charge in [0.05, 0.1) is 19.8 Å². The SMILES string of the molecule is O=S(=O)(O)C1(Cc2ccccc2)COCCO1. The molecule has 0 bridgehead atoms. The fourth-order valence-electron chi connectivity index (χ4n) is 1.80. The van der Waals surface area contributed by atoms with Crippen LogP contribution in [0.4, 0.5) is 0 Å². The van der Waals surface area contributed by atoms with Gasteiger partial charge in [0.15, 0.2) is 0 Å². The molecule has 0 spiro atoms. The average molecular weight is 258 g/mol. The summed E-state index contributed by atoms with van der Waals surface area (Å²) < 4.78 is 42.6. The van der Waals surface area contributed by atoms with Crippen LogP contribution in [0.2, 0.25) is 0 Å². The first kappa shape index (κ1) is 12.5. The largest absolute Gasteiger partial charge is 0.375 e. The molecule has 1 N–H and O–H groups in total. The third-order valence-electron chi connectivity index (χ3n) is 2.70. The number of rotatable bonds is 3. The zero-order chi connectivity index (χ0) is 12.4. The smallest absolute Gasteiger partial charge is 0.297 e. The Balaban J connectivity index is 2.29. The predicted molar refractivity (Wildman–Crippen MR) is 61.2 cm³/mol. The number of ether oxygens (including phenoxy) is 2. The summed E-state index contributed by atoms with van der Waals surface area (Å²) in [5, 5.41) is 0. The van der Waals surface area contributed by atoms with E-state index in [2.05, 4.69) is 0 Å². The van der Waals surface area contributed by atoms with E-state index in [9.17, 15) is 13.0 Å². The molecule has 0 saturated carbocycles. The van der Waals surface area contributed by atoms with Crippen molar-refractivity contribution in [3.63, 3.8) is 0 Å². The van der Waals surface area contributed by atoms with Crippen LogP contribution in [0.3, 0.4) is 0 Å². The molecule has 17 heavy (non-hydrogen) atoms. The molecule has 2 rings (SSSR count). The predicted octanol–water partition coefficient (Wildman–Crippen LogP) is 0.860. The third kappa shape index (κ3) is 2.66. The Bertz CT molecular complexity index is 462. The average Bonchev–Trinajstić information content (AvgIpc) is 2.30. The lowest BCUT2D eigenvalue weighted by Gasteiger charge is -2.34. The minimum atomic E-state index is -4.33. The molecule has 1 aliphatic heterocycles. The topological polar surface area (TPSA) is 72.8 Å². The lowest BCUT2D eigenvalue weighted by atomic mass is 10.1. The van der Waals surface area contributed by atoms with Crippen LogP contribution in [0.15, 0.2) is 30.3 Å². The van der Waals surface area contributed by atoms with Crippen LogP contribution in [0.1, 0.15) is 5.56 Å². The van der Waals surface area contributed by atoms with Gasteiger partial charge in [-0.3, -0.25) is 4.55 Å². The Kier molecular flexibility index (Phi) is 3.48. The first-order valence-electron chi connectivity index (χ1n) is 5.26. The molecule has 1 aromatic rings. The standard InChI is InChI=1S/C11H14O5S/c12-17(13,14)11(9-15-6-7-16-11)8-10-4-2-1-3-5-10/h1-5H,6-9H2,(H,12,13,14). The molecule has 0 aromatic heterocycles. The minimum absolute atomic E-state index is 0.0761. The second-order valence-corrected chi connectivity index (χ2v) is 5.64. The molecule has 94 valence electrons. The lowest BCUT2D eigenvalue weighted by Crippen LogP contribution is -2.51. The molecule has 5 nitrogen and oxygen atoms in total. The van der Waals surface area contributed by atoms with Crippen molar-refractivity contribution < 1.29 is 22.4 Å². The second-order valence-electron chi connectivity index (χ2n) is 3.95. The van der Waals surface area contributed by atoms with Gasteiger partial charge in [-0.15, -0.1) is 0 Å². The molecule has 0 radical (unpaired) electrons. The zero-order valence-corrected chi connectivity index (χ0v) is 10.0. The molecule has 1 aliphatic rings. The maximum absolute atomic E-state index is 11.5. The van der Waals surface area contributed by atoms with Crippen LogP contribution in [-0.2, 0) is 26.0 Å². The summed E-state index contributed by atoms with van der Waals surface area (Å²) in [6.07, 6.45) is 0.0761. The molecular weight excluding hydrogens is 244 g/mol. The highest BCUT2D eigenvalue weighted by Gasteiger charge is 2.46. The Morgan fingerprint density at radius 1 is 1.24 bits per heavy atom. The molecule has 1 unspecified atom stereocenters. The van der Waals surface area contributed by atoms with Crippen molar-refractivity contribution in [3.05, 3.63) is 35.9 Å². The van der Waals surface area contributed by atoms with Gasteiger partial charge in [-0.05, 0) is 5.56 Å². The highest BCUT2D eigenvalue weighted by molar-refractivity contribution is 7.87. The van der Waals surface area contributed by atoms with Crippen molar-refractivity contribution >= 4 is 10.1 Å². The molecular formula is C11H14O5S. The van der Waals surface area contributed by atoms with Gasteiger partial charge in [-0.25, -0.2) is 0 Å². The van der Waals surface area contributed by atoms with Crippen LogP contribution in [0.25, 0.3) is 0 Å². The molecule has 1 fully saturated rings. The summed E-state index contributed by atoms with van der Waals surface area (Å²) in [7, 11) is -4.33. The lowest BCUT2D eigenvalue weighted by molar-refractivity contribution is -0.115. The van der Waals surface area contributed by atoms with Gasteiger partial charge >= 0.3 is 0 Å². The van der Waals surface area contributed by atoms with E-state index in [1.54, 1.807) is 24.3 Å². The van der Waals surface area contributed by atoms with Crippen LogP contribution < -0.4 is 0 Å².